The maximum absolute atomic E-state index is 14.8. The van der Waals surface area contributed by atoms with Crippen molar-refractivity contribution in [2.24, 2.45) is 4.99 Å². The van der Waals surface area contributed by atoms with Gasteiger partial charge in [0.15, 0.2) is 0 Å². The van der Waals surface area contributed by atoms with E-state index < -0.39 is 11.6 Å². The van der Waals surface area contributed by atoms with Crippen molar-refractivity contribution in [2.45, 2.75) is 32.9 Å². The van der Waals surface area contributed by atoms with E-state index in [2.05, 4.69) is 27.5 Å². The van der Waals surface area contributed by atoms with Crippen LogP contribution in [0.2, 0.25) is 5.02 Å². The molecule has 2 aliphatic rings. The third-order valence-electron chi connectivity index (χ3n) is 7.72. The zero-order valence-electron chi connectivity index (χ0n) is 22.5. The molecule has 0 bridgehead atoms. The predicted molar refractivity (Wildman–Crippen MR) is 163 cm³/mol. The van der Waals surface area contributed by atoms with Gasteiger partial charge in [0.1, 0.15) is 11.6 Å². The molecule has 216 valence electrons. The van der Waals surface area contributed by atoms with Crippen molar-refractivity contribution in [3.8, 4) is 11.3 Å². The van der Waals surface area contributed by atoms with Crippen LogP contribution >= 0.6 is 11.6 Å². The molecule has 0 aliphatic carbocycles. The number of likely N-dealkylation sites (tertiary alicyclic amines) is 1. The summed E-state index contributed by atoms with van der Waals surface area (Å²) in [6, 6.07) is 16.0. The van der Waals surface area contributed by atoms with Gasteiger partial charge in [-0.1, -0.05) is 31.2 Å². The van der Waals surface area contributed by atoms with E-state index in [9.17, 15) is 13.6 Å². The number of nitrogens with zero attached hydrogens (tertiary/aromatic N) is 4. The van der Waals surface area contributed by atoms with Gasteiger partial charge < -0.3 is 15.5 Å². The van der Waals surface area contributed by atoms with E-state index in [1.54, 1.807) is 36.5 Å². The van der Waals surface area contributed by atoms with Crippen LogP contribution in [-0.4, -0.2) is 52.2 Å². The minimum atomic E-state index is -0.711. The summed E-state index contributed by atoms with van der Waals surface area (Å²) in [4.78, 5) is 28.6. The first-order valence-corrected chi connectivity index (χ1v) is 13.6. The third-order valence-corrected chi connectivity index (χ3v) is 7.95. The molecule has 2 aliphatic heterocycles. The minimum Gasteiger partial charge on any atom is -0.337 e. The van der Waals surface area contributed by atoms with Gasteiger partial charge in [0.2, 0.25) is 5.95 Å². The SMILES string of the molecule is C.CNC1(C)CCN(C(=O)c2ccc(Nc3ncc4c(n3)-c3ccc(Cl)cc3C(c3c(F)cccc3F)=NC4)cc2)C1. The van der Waals surface area contributed by atoms with Crippen LogP contribution in [0.4, 0.5) is 20.4 Å². The number of carbonyl (C=O) groups excluding carboxylic acids is 1. The molecule has 4 aromatic rings. The maximum atomic E-state index is 14.8. The second kappa shape index (κ2) is 11.6. The summed E-state index contributed by atoms with van der Waals surface area (Å²) < 4.78 is 29.6. The first-order valence-electron chi connectivity index (χ1n) is 13.2. The second-order valence-electron chi connectivity index (χ2n) is 10.5. The van der Waals surface area contributed by atoms with Crippen LogP contribution in [-0.2, 0) is 6.54 Å². The summed E-state index contributed by atoms with van der Waals surface area (Å²) >= 11 is 6.31. The van der Waals surface area contributed by atoms with E-state index in [-0.39, 0.29) is 36.7 Å². The van der Waals surface area contributed by atoms with Gasteiger partial charge in [-0.3, -0.25) is 9.79 Å². The number of halogens is 3. The lowest BCUT2D eigenvalue weighted by molar-refractivity contribution is 0.0782. The molecule has 0 radical (unpaired) electrons. The molecular weight excluding hydrogens is 558 g/mol. The minimum absolute atomic E-state index is 0. The Labute approximate surface area is 248 Å². The topological polar surface area (TPSA) is 82.5 Å². The number of rotatable bonds is 5. The number of likely N-dealkylation sites (N-methyl/N-ethyl adjacent to an activating group) is 1. The van der Waals surface area contributed by atoms with Crippen molar-refractivity contribution in [3.63, 3.8) is 0 Å². The fourth-order valence-electron chi connectivity index (χ4n) is 5.27. The van der Waals surface area contributed by atoms with Crippen molar-refractivity contribution >= 4 is 34.9 Å². The van der Waals surface area contributed by atoms with Crippen LogP contribution in [0.1, 0.15) is 47.8 Å². The van der Waals surface area contributed by atoms with Gasteiger partial charge >= 0.3 is 0 Å². The van der Waals surface area contributed by atoms with E-state index in [1.807, 2.05) is 24.1 Å². The summed E-state index contributed by atoms with van der Waals surface area (Å²) in [5.41, 5.74) is 3.59. The number of benzene rings is 3. The fraction of sp³-hybridized carbons (Fsp3) is 0.250. The van der Waals surface area contributed by atoms with Gasteiger partial charge in [-0.2, -0.15) is 0 Å². The molecule has 3 aromatic carbocycles. The van der Waals surface area contributed by atoms with E-state index in [0.29, 0.717) is 57.7 Å². The van der Waals surface area contributed by atoms with Gasteiger partial charge in [-0.15, -0.1) is 0 Å². The Bertz CT molecular complexity index is 1670. The average Bonchev–Trinajstić information content (AvgIpc) is 3.30. The van der Waals surface area contributed by atoms with Gasteiger partial charge in [0.05, 0.1) is 23.5 Å². The molecule has 0 saturated carbocycles. The molecule has 1 fully saturated rings. The molecule has 1 amide bonds. The van der Waals surface area contributed by atoms with Crippen LogP contribution < -0.4 is 10.6 Å². The van der Waals surface area contributed by atoms with Crippen LogP contribution in [0.3, 0.4) is 0 Å². The van der Waals surface area contributed by atoms with Gasteiger partial charge in [0, 0.05) is 57.8 Å². The standard InChI is InChI=1S/C31H27ClF2N6O.CH4/c1-31(35-2)12-13-40(17-31)29(41)18-6-9-21(10-7-18)38-30-37-16-19-15-36-28(26-24(33)4-3-5-25(26)34)23-14-20(32)8-11-22(23)27(19)39-30;/h3-11,14,16,35H,12-13,15,17H2,1-2H3,(H,37,38,39);1H4. The molecule has 42 heavy (non-hydrogen) atoms. The summed E-state index contributed by atoms with van der Waals surface area (Å²) in [6.07, 6.45) is 2.55. The molecule has 1 atom stereocenters. The van der Waals surface area contributed by atoms with Crippen molar-refractivity contribution in [1.82, 2.24) is 20.2 Å². The fourth-order valence-corrected chi connectivity index (χ4v) is 5.44. The Morgan fingerprint density at radius 3 is 2.48 bits per heavy atom. The molecule has 3 heterocycles. The zero-order valence-corrected chi connectivity index (χ0v) is 23.3. The number of hydrogen-bond acceptors (Lipinski definition) is 6. The Balaban J connectivity index is 0.00000353. The Morgan fingerprint density at radius 2 is 1.79 bits per heavy atom. The van der Waals surface area contributed by atoms with Crippen molar-refractivity contribution in [2.75, 3.05) is 25.5 Å². The van der Waals surface area contributed by atoms with Crippen LogP contribution in [0.5, 0.6) is 0 Å². The van der Waals surface area contributed by atoms with Crippen LogP contribution in [0.15, 0.2) is 71.9 Å². The molecule has 10 heteroatoms. The first-order chi connectivity index (χ1) is 19.7. The number of nitrogens with one attached hydrogen (secondary N) is 2. The highest BCUT2D eigenvalue weighted by Gasteiger charge is 2.35. The van der Waals surface area contributed by atoms with Gasteiger partial charge in [-0.05, 0) is 68.9 Å². The van der Waals surface area contributed by atoms with Crippen molar-refractivity contribution < 1.29 is 13.6 Å². The number of carbonyl (C=O) groups is 1. The van der Waals surface area contributed by atoms with Crippen molar-refractivity contribution in [1.29, 1.82) is 0 Å². The normalized spacial score (nSPS) is 17.5. The molecule has 2 N–H and O–H groups in total. The molecule has 1 aromatic heterocycles. The molecule has 6 rings (SSSR count). The van der Waals surface area contributed by atoms with E-state index in [0.717, 1.165) is 6.42 Å². The lowest BCUT2D eigenvalue weighted by atomic mass is 9.95. The highest BCUT2D eigenvalue weighted by molar-refractivity contribution is 6.31. The highest BCUT2D eigenvalue weighted by atomic mass is 35.5. The summed E-state index contributed by atoms with van der Waals surface area (Å²) in [6.45, 7) is 3.62. The lowest BCUT2D eigenvalue weighted by Gasteiger charge is -2.24. The summed E-state index contributed by atoms with van der Waals surface area (Å²) in [7, 11) is 1.92. The highest BCUT2D eigenvalue weighted by Crippen LogP contribution is 2.35. The summed E-state index contributed by atoms with van der Waals surface area (Å²) in [5.74, 6) is -1.10. The van der Waals surface area contributed by atoms with Gasteiger partial charge in [0.25, 0.3) is 5.91 Å². The van der Waals surface area contributed by atoms with E-state index in [1.165, 1.54) is 18.2 Å². The number of fused-ring (bicyclic) bond motifs is 3. The average molecular weight is 589 g/mol. The van der Waals surface area contributed by atoms with Crippen molar-refractivity contribution in [3.05, 3.63) is 106 Å². The lowest BCUT2D eigenvalue weighted by Crippen LogP contribution is -2.43. The number of anilines is 2. The molecule has 1 unspecified atom stereocenters. The van der Waals surface area contributed by atoms with E-state index >= 15 is 0 Å². The Morgan fingerprint density at radius 1 is 1.05 bits per heavy atom. The summed E-state index contributed by atoms with van der Waals surface area (Å²) in [5, 5.41) is 6.90. The predicted octanol–water partition coefficient (Wildman–Crippen LogP) is 6.63. The largest absolute Gasteiger partial charge is 0.337 e. The number of hydrogen-bond donors (Lipinski definition) is 2. The zero-order chi connectivity index (χ0) is 28.7. The molecule has 0 spiro atoms. The monoisotopic (exact) mass is 588 g/mol. The number of amides is 1. The maximum Gasteiger partial charge on any atom is 0.253 e. The molecular formula is C32H31ClF2N6O. The molecule has 1 saturated heterocycles. The molecule has 7 nitrogen and oxygen atoms in total. The van der Waals surface area contributed by atoms with Crippen LogP contribution in [0, 0.1) is 11.6 Å². The Hall–Kier alpha value is -4.21. The van der Waals surface area contributed by atoms with Crippen LogP contribution in [0.25, 0.3) is 11.3 Å². The number of aliphatic imine (C=N–C) groups is 1. The number of aromatic nitrogens is 2. The second-order valence-corrected chi connectivity index (χ2v) is 10.9. The first kappa shape index (κ1) is 29.3. The third kappa shape index (κ3) is 5.49. The quantitative estimate of drug-likeness (QED) is 0.273. The smallest absolute Gasteiger partial charge is 0.253 e. The Kier molecular flexibility index (Phi) is 8.08. The van der Waals surface area contributed by atoms with Gasteiger partial charge in [-0.25, -0.2) is 18.7 Å². The van der Waals surface area contributed by atoms with E-state index in [4.69, 9.17) is 16.6 Å².